The highest BCUT2D eigenvalue weighted by atomic mass is 35.5. The van der Waals surface area contributed by atoms with Crippen LogP contribution in [0.3, 0.4) is 0 Å². The second-order valence-corrected chi connectivity index (χ2v) is 5.17. The Morgan fingerprint density at radius 1 is 1.32 bits per heavy atom. The summed E-state index contributed by atoms with van der Waals surface area (Å²) in [5, 5.41) is 0.650. The molecule has 0 fully saturated rings. The van der Waals surface area contributed by atoms with E-state index in [1.165, 1.54) is 17.2 Å². The monoisotopic (exact) mass is 322 g/mol. The first-order valence-electron chi connectivity index (χ1n) is 6.81. The van der Waals surface area contributed by atoms with Crippen LogP contribution in [-0.4, -0.2) is 36.0 Å². The van der Waals surface area contributed by atoms with Gasteiger partial charge in [-0.05, 0) is 36.8 Å². The van der Waals surface area contributed by atoms with Crippen molar-refractivity contribution in [3.05, 3.63) is 59.1 Å². The van der Waals surface area contributed by atoms with Crippen molar-refractivity contribution in [2.75, 3.05) is 20.2 Å². The fourth-order valence-electron chi connectivity index (χ4n) is 1.88. The standard InChI is InChI=1S/C16H16ClFN2O2/c1-20(16(21)14-7-8-19-11-15(14)18)9-2-10-22-13-5-3-12(17)4-6-13/h3-8,11H,2,9-10H2,1H3. The Labute approximate surface area is 133 Å². The number of carbonyl (C=O) groups is 1. The van der Waals surface area contributed by atoms with Crippen molar-refractivity contribution in [2.45, 2.75) is 6.42 Å². The van der Waals surface area contributed by atoms with E-state index in [2.05, 4.69) is 4.98 Å². The van der Waals surface area contributed by atoms with Gasteiger partial charge < -0.3 is 9.64 Å². The maximum Gasteiger partial charge on any atom is 0.256 e. The highest BCUT2D eigenvalue weighted by molar-refractivity contribution is 6.30. The first-order chi connectivity index (χ1) is 10.6. The SMILES string of the molecule is CN(CCCOc1ccc(Cl)cc1)C(=O)c1ccncc1F. The van der Waals surface area contributed by atoms with Crippen LogP contribution in [0.15, 0.2) is 42.7 Å². The number of nitrogens with zero attached hydrogens (tertiary/aromatic N) is 2. The van der Waals surface area contributed by atoms with Crippen LogP contribution in [0.25, 0.3) is 0 Å². The van der Waals surface area contributed by atoms with E-state index in [9.17, 15) is 9.18 Å². The summed E-state index contributed by atoms with van der Waals surface area (Å²) in [7, 11) is 1.63. The summed E-state index contributed by atoms with van der Waals surface area (Å²) >= 11 is 5.79. The number of ether oxygens (including phenoxy) is 1. The number of pyridine rings is 1. The summed E-state index contributed by atoms with van der Waals surface area (Å²) in [5.41, 5.74) is 0.0242. The molecule has 1 aromatic heterocycles. The molecular weight excluding hydrogens is 307 g/mol. The van der Waals surface area contributed by atoms with Crippen LogP contribution in [0.4, 0.5) is 4.39 Å². The van der Waals surface area contributed by atoms with Crippen LogP contribution in [0, 0.1) is 5.82 Å². The molecule has 22 heavy (non-hydrogen) atoms. The Morgan fingerprint density at radius 3 is 2.73 bits per heavy atom. The van der Waals surface area contributed by atoms with Crippen LogP contribution >= 0.6 is 11.6 Å². The Balaban J connectivity index is 1.78. The maximum atomic E-state index is 13.5. The number of benzene rings is 1. The lowest BCUT2D eigenvalue weighted by atomic mass is 10.2. The topological polar surface area (TPSA) is 42.4 Å². The second kappa shape index (κ2) is 7.75. The zero-order valence-electron chi connectivity index (χ0n) is 12.1. The van der Waals surface area contributed by atoms with Crippen molar-refractivity contribution in [1.82, 2.24) is 9.88 Å². The van der Waals surface area contributed by atoms with Crippen molar-refractivity contribution in [3.63, 3.8) is 0 Å². The Hall–Kier alpha value is -2.14. The molecule has 2 rings (SSSR count). The maximum absolute atomic E-state index is 13.5. The highest BCUT2D eigenvalue weighted by Crippen LogP contribution is 2.15. The average Bonchev–Trinajstić information content (AvgIpc) is 2.53. The van der Waals surface area contributed by atoms with Gasteiger partial charge in [-0.2, -0.15) is 0 Å². The minimum Gasteiger partial charge on any atom is -0.494 e. The molecule has 6 heteroatoms. The van der Waals surface area contributed by atoms with E-state index in [-0.39, 0.29) is 11.5 Å². The third-order valence-corrected chi connectivity index (χ3v) is 3.32. The molecule has 1 amide bonds. The summed E-state index contributed by atoms with van der Waals surface area (Å²) in [4.78, 5) is 17.2. The molecule has 0 atom stereocenters. The molecule has 0 N–H and O–H groups in total. The fourth-order valence-corrected chi connectivity index (χ4v) is 2.00. The van der Waals surface area contributed by atoms with Crippen molar-refractivity contribution in [2.24, 2.45) is 0 Å². The first-order valence-corrected chi connectivity index (χ1v) is 7.19. The average molecular weight is 323 g/mol. The third kappa shape index (κ3) is 4.43. The molecule has 0 unspecified atom stereocenters. The van der Waals surface area contributed by atoms with E-state index in [1.54, 1.807) is 31.3 Å². The number of aromatic nitrogens is 1. The van der Waals surface area contributed by atoms with Gasteiger partial charge in [0.15, 0.2) is 5.82 Å². The largest absolute Gasteiger partial charge is 0.494 e. The smallest absolute Gasteiger partial charge is 0.256 e. The molecule has 0 radical (unpaired) electrons. The lowest BCUT2D eigenvalue weighted by Crippen LogP contribution is -2.29. The van der Waals surface area contributed by atoms with Gasteiger partial charge in [-0.3, -0.25) is 9.78 Å². The number of halogens is 2. The Kier molecular flexibility index (Phi) is 5.72. The summed E-state index contributed by atoms with van der Waals surface area (Å²) in [5.74, 6) is -0.262. The minimum atomic E-state index is -0.614. The van der Waals surface area contributed by atoms with Gasteiger partial charge in [-0.25, -0.2) is 4.39 Å². The molecule has 4 nitrogen and oxygen atoms in total. The number of carbonyl (C=O) groups excluding carboxylic acids is 1. The van der Waals surface area contributed by atoms with Crippen molar-refractivity contribution in [3.8, 4) is 5.75 Å². The minimum absolute atomic E-state index is 0.0242. The second-order valence-electron chi connectivity index (χ2n) is 4.74. The lowest BCUT2D eigenvalue weighted by molar-refractivity contribution is 0.0783. The van der Waals surface area contributed by atoms with Gasteiger partial charge in [0.25, 0.3) is 5.91 Å². The summed E-state index contributed by atoms with van der Waals surface area (Å²) in [6.07, 6.45) is 3.07. The third-order valence-electron chi connectivity index (χ3n) is 3.07. The first kappa shape index (κ1) is 16.2. The number of amides is 1. The molecule has 0 bridgehead atoms. The summed E-state index contributed by atoms with van der Waals surface area (Å²) in [6.45, 7) is 0.923. The van der Waals surface area contributed by atoms with Crippen LogP contribution in [0.5, 0.6) is 5.75 Å². The van der Waals surface area contributed by atoms with Crippen LogP contribution < -0.4 is 4.74 Å². The summed E-state index contributed by atoms with van der Waals surface area (Å²) in [6, 6.07) is 8.43. The quantitative estimate of drug-likeness (QED) is 0.765. The molecule has 1 aromatic carbocycles. The van der Waals surface area contributed by atoms with Crippen molar-refractivity contribution in [1.29, 1.82) is 0 Å². The van der Waals surface area contributed by atoms with Gasteiger partial charge >= 0.3 is 0 Å². The Bertz CT molecular complexity index is 634. The number of rotatable bonds is 6. The Morgan fingerprint density at radius 2 is 2.05 bits per heavy atom. The number of hydrogen-bond acceptors (Lipinski definition) is 3. The number of hydrogen-bond donors (Lipinski definition) is 0. The van der Waals surface area contributed by atoms with Crippen LogP contribution in [0.2, 0.25) is 5.02 Å². The van der Waals surface area contributed by atoms with Crippen molar-refractivity contribution >= 4 is 17.5 Å². The molecule has 0 aliphatic rings. The van der Waals surface area contributed by atoms with E-state index in [0.29, 0.717) is 24.6 Å². The van der Waals surface area contributed by atoms with E-state index < -0.39 is 5.82 Å². The van der Waals surface area contributed by atoms with Gasteiger partial charge in [-0.15, -0.1) is 0 Å². The molecule has 0 saturated carbocycles. The van der Waals surface area contributed by atoms with Gasteiger partial charge in [0.05, 0.1) is 18.4 Å². The van der Waals surface area contributed by atoms with Gasteiger partial charge in [0, 0.05) is 24.8 Å². The molecule has 0 aliphatic carbocycles. The van der Waals surface area contributed by atoms with E-state index in [0.717, 1.165) is 11.9 Å². The molecule has 1 heterocycles. The molecule has 116 valence electrons. The zero-order valence-corrected chi connectivity index (χ0v) is 12.9. The molecular formula is C16H16ClFN2O2. The molecule has 0 spiro atoms. The summed E-state index contributed by atoms with van der Waals surface area (Å²) < 4.78 is 19.0. The zero-order chi connectivity index (χ0) is 15.9. The predicted octanol–water partition coefficient (Wildman–Crippen LogP) is 3.42. The van der Waals surface area contributed by atoms with E-state index in [4.69, 9.17) is 16.3 Å². The van der Waals surface area contributed by atoms with E-state index >= 15 is 0 Å². The molecule has 2 aromatic rings. The van der Waals surface area contributed by atoms with E-state index in [1.807, 2.05) is 0 Å². The highest BCUT2D eigenvalue weighted by Gasteiger charge is 2.15. The van der Waals surface area contributed by atoms with Gasteiger partial charge in [-0.1, -0.05) is 11.6 Å². The normalized spacial score (nSPS) is 10.3. The predicted molar refractivity (Wildman–Crippen MR) is 82.7 cm³/mol. The fraction of sp³-hybridized carbons (Fsp3) is 0.250. The molecule has 0 saturated heterocycles. The molecule has 0 aliphatic heterocycles. The lowest BCUT2D eigenvalue weighted by Gasteiger charge is -2.17. The van der Waals surface area contributed by atoms with Gasteiger partial charge in [0.2, 0.25) is 0 Å². The van der Waals surface area contributed by atoms with Crippen molar-refractivity contribution < 1.29 is 13.9 Å². The van der Waals surface area contributed by atoms with Crippen LogP contribution in [-0.2, 0) is 0 Å². The van der Waals surface area contributed by atoms with Gasteiger partial charge in [0.1, 0.15) is 5.75 Å². The van der Waals surface area contributed by atoms with Crippen LogP contribution in [0.1, 0.15) is 16.8 Å².